The number of esters is 1. The lowest BCUT2D eigenvalue weighted by Gasteiger charge is -2.38. The Balaban J connectivity index is 0.000000640. The molecule has 6 rings (SSSR count). The van der Waals surface area contributed by atoms with Gasteiger partial charge in [0.1, 0.15) is 6.10 Å². The highest BCUT2D eigenvalue weighted by atomic mass is 16.5. The lowest BCUT2D eigenvalue weighted by molar-refractivity contribution is -0.143. The number of hydrogen-bond acceptors (Lipinski definition) is 20. The second-order valence-electron chi connectivity index (χ2n) is 32.4. The molecule has 8 N–H and O–H groups in total. The van der Waals surface area contributed by atoms with Gasteiger partial charge < -0.3 is 71.4 Å². The Kier molecular flexibility index (Phi) is 53.6. The molecule has 1 saturated carbocycles. The summed E-state index contributed by atoms with van der Waals surface area (Å²) in [5, 5.41) is 16.1. The molecule has 1 aromatic rings. The van der Waals surface area contributed by atoms with Crippen molar-refractivity contribution in [2.45, 2.75) is 233 Å². The molecule has 106 heavy (non-hydrogen) atoms. The van der Waals surface area contributed by atoms with Crippen molar-refractivity contribution >= 4 is 35.1 Å². The molecule has 1 aliphatic carbocycles. The second-order valence-corrected chi connectivity index (χ2v) is 32.4. The van der Waals surface area contributed by atoms with E-state index in [2.05, 4.69) is 157 Å². The van der Waals surface area contributed by atoms with Gasteiger partial charge in [0.15, 0.2) is 17.3 Å². The van der Waals surface area contributed by atoms with Crippen LogP contribution in [-0.2, 0) is 39.9 Å². The van der Waals surface area contributed by atoms with Gasteiger partial charge in [-0.05, 0) is 219 Å². The fourth-order valence-electron chi connectivity index (χ4n) is 13.4. The Morgan fingerprint density at radius 2 is 1.07 bits per heavy atom. The third-order valence-electron chi connectivity index (χ3n) is 19.0. The average Bonchev–Trinajstić information content (AvgIpc) is 1.45. The molecule has 0 radical (unpaired) electrons. The number of imidazole rings is 1. The van der Waals surface area contributed by atoms with E-state index in [0.29, 0.717) is 98.4 Å². The van der Waals surface area contributed by atoms with Crippen LogP contribution in [0, 0.1) is 17.8 Å². The Morgan fingerprint density at radius 1 is 0.575 bits per heavy atom. The molecule has 608 valence electrons. The minimum absolute atomic E-state index is 0.0286. The Hall–Kier alpha value is -5.41. The zero-order valence-corrected chi connectivity index (χ0v) is 70.2. The molecule has 4 aliphatic heterocycles. The lowest BCUT2D eigenvalue weighted by Crippen LogP contribution is -2.49. The quantitative estimate of drug-likeness (QED) is 0.0248. The van der Waals surface area contributed by atoms with E-state index in [0.717, 1.165) is 103 Å². The largest absolute Gasteiger partial charge is 0.456 e. The van der Waals surface area contributed by atoms with Gasteiger partial charge in [0.05, 0.1) is 12.4 Å². The zero-order valence-electron chi connectivity index (χ0n) is 70.2. The molecule has 5 heterocycles. The van der Waals surface area contributed by atoms with Crippen molar-refractivity contribution in [3.8, 4) is 0 Å². The van der Waals surface area contributed by atoms with Gasteiger partial charge in [-0.15, -0.1) is 0 Å². The molecule has 0 bridgehead atoms. The second kappa shape index (κ2) is 57.6. The number of amides is 2. The summed E-state index contributed by atoms with van der Waals surface area (Å²) < 4.78 is 5.19. The van der Waals surface area contributed by atoms with E-state index < -0.39 is 0 Å². The number of ether oxygens (including phenoxy) is 1. The highest BCUT2D eigenvalue weighted by molar-refractivity contribution is 5.91. The number of ketones is 3. The molecule has 4 saturated heterocycles. The van der Waals surface area contributed by atoms with Gasteiger partial charge in [-0.1, -0.05) is 65.2 Å². The molecule has 23 nitrogen and oxygen atoms in total. The number of allylic oxidation sites excluding steroid dienone is 3. The molecule has 0 spiro atoms. The summed E-state index contributed by atoms with van der Waals surface area (Å²) in [5.74, 6) is 1.88. The highest BCUT2D eigenvalue weighted by Crippen LogP contribution is 2.25. The van der Waals surface area contributed by atoms with Gasteiger partial charge >= 0.3 is 5.97 Å². The van der Waals surface area contributed by atoms with Crippen molar-refractivity contribution in [2.24, 2.45) is 23.5 Å². The maximum absolute atomic E-state index is 11.9. The standard InChI is InChI=1S/C16H29N5O.2C15H29N3O.C15H28N2O.C12H21NO.C10H18N2O2/c1-14(2)21(10-7-15-12-17-13-19-15)11-8-18-16(22)6-5-9-20(3)4;1-12(2)16-13-7-5-8-14(11-13)17-15(19)9-6-10-18(3)4;1-12(2)18-10-13(8-14(16)11-18)9-15(19)6-5-7-17(3)4;1-13(2)17-10-5-7-14(12-17)11-15(18)8-6-9-16(3)4;1-4-12(14)8-11-6-5-7-13(9-11)10(2)3;1-4-10(13)14-9-6-11-5-8(9)12-7(2)3/h5-6,12-14H,7-11H2,1-4H3,(H,17,19)(H,18,22);6,9,12-14,16H,5,7-8,10-11H2,1-4H3,(H,17,19);5-6,12-14H,7-11,16H2,1-4H3;6,8,13-14H,5,7,9-12H2,1-4H3;4,10-11H,1,5-9H2,2-3H3;4,7-9,11-12H,1,5-6H2,2-3H3/b6-5+;9-6+;6-5+;8-6+;;/t;13-,14?;13-,14-;14-;11-;8-,9+/m.00000/s1. The Morgan fingerprint density at radius 3 is 1.54 bits per heavy atom. The summed E-state index contributed by atoms with van der Waals surface area (Å²) in [7, 11) is 15.9. The third-order valence-corrected chi connectivity index (χ3v) is 19.0. The van der Waals surface area contributed by atoms with Crippen LogP contribution < -0.4 is 32.3 Å². The monoisotopic (exact) mass is 1490 g/mol. The average molecular weight is 1490 g/mol. The van der Waals surface area contributed by atoms with Crippen molar-refractivity contribution in [2.75, 3.05) is 155 Å². The van der Waals surface area contributed by atoms with Crippen molar-refractivity contribution in [3.05, 3.63) is 92.1 Å². The third kappa shape index (κ3) is 50.3. The summed E-state index contributed by atoms with van der Waals surface area (Å²) >= 11 is 0. The van der Waals surface area contributed by atoms with Crippen molar-refractivity contribution in [3.63, 3.8) is 0 Å². The fourth-order valence-corrected chi connectivity index (χ4v) is 13.4. The van der Waals surface area contributed by atoms with E-state index in [1.807, 2.05) is 102 Å². The summed E-state index contributed by atoms with van der Waals surface area (Å²) in [6, 6.07) is 4.36. The number of rotatable bonds is 36. The smallest absolute Gasteiger partial charge is 0.330 e. The highest BCUT2D eigenvalue weighted by Gasteiger charge is 2.31. The van der Waals surface area contributed by atoms with Crippen LogP contribution in [-0.4, -0.2) is 305 Å². The number of aromatic nitrogens is 2. The number of carbonyl (C=O) groups excluding carboxylic acids is 6. The molecule has 5 aliphatic rings. The lowest BCUT2D eigenvalue weighted by atomic mass is 9.89. The van der Waals surface area contributed by atoms with Gasteiger partial charge in [0.2, 0.25) is 11.8 Å². The minimum Gasteiger partial charge on any atom is -0.456 e. The van der Waals surface area contributed by atoms with Crippen LogP contribution in [0.25, 0.3) is 0 Å². The molecular formula is C83H154N16O7. The molecular weight excluding hydrogens is 1330 g/mol. The van der Waals surface area contributed by atoms with Crippen molar-refractivity contribution in [1.82, 2.24) is 75.8 Å². The van der Waals surface area contributed by atoms with Crippen LogP contribution >= 0.6 is 0 Å². The summed E-state index contributed by atoms with van der Waals surface area (Å²) in [6.45, 7) is 46.8. The molecule has 23 heteroatoms. The summed E-state index contributed by atoms with van der Waals surface area (Å²) in [6.07, 6.45) is 33.9. The number of likely N-dealkylation sites (tertiary alicyclic amines) is 3. The maximum Gasteiger partial charge on any atom is 0.330 e. The number of nitrogens with zero attached hydrogens (tertiary/aromatic N) is 9. The first-order valence-electron chi connectivity index (χ1n) is 39.9. The molecule has 0 aromatic carbocycles. The Labute approximate surface area is 644 Å². The van der Waals surface area contributed by atoms with Crippen LogP contribution in [0.5, 0.6) is 0 Å². The van der Waals surface area contributed by atoms with E-state index in [9.17, 15) is 28.8 Å². The number of H-pyrrole nitrogens is 1. The van der Waals surface area contributed by atoms with Gasteiger partial charge in [0, 0.05) is 195 Å². The van der Waals surface area contributed by atoms with Crippen molar-refractivity contribution in [1.29, 1.82) is 0 Å². The predicted octanol–water partition coefficient (Wildman–Crippen LogP) is 8.04. The Bertz CT molecular complexity index is 2670. The SMILES string of the molecule is C=CC(=O)C[C@@H]1CCCN(C(C)C)C1.C=CC(=O)O[C@@H]1CNC[C@@H]1NC(C)C.CC(C)N(CCNC(=O)/C=C/CN(C)C)CCc1cnc[nH]1.CC(C)N1CCC[C@@H](CC(=O)/C=C/CN(C)C)C1.CC(C)N1C[C@@H](N)C[C@@H](CC(=O)/C=C/CN(C)C)C1.CC(C)N[C@H]1CCCC(NC(=O)/C=C/CN(C)C)C1. The molecule has 8 atom stereocenters. The van der Waals surface area contributed by atoms with Gasteiger partial charge in [-0.25, -0.2) is 9.78 Å². The van der Waals surface area contributed by atoms with E-state index >= 15 is 0 Å². The van der Waals surface area contributed by atoms with E-state index in [1.54, 1.807) is 30.6 Å². The normalized spacial score (nSPS) is 21.8. The predicted molar refractivity (Wildman–Crippen MR) is 441 cm³/mol. The van der Waals surface area contributed by atoms with Gasteiger partial charge in [-0.3, -0.25) is 33.8 Å². The summed E-state index contributed by atoms with van der Waals surface area (Å²) in [5.41, 5.74) is 7.23. The first-order chi connectivity index (χ1) is 50.1. The van der Waals surface area contributed by atoms with Crippen LogP contribution in [0.1, 0.15) is 166 Å². The van der Waals surface area contributed by atoms with Crippen LogP contribution in [0.15, 0.2) is 86.4 Å². The topological polar surface area (TPSA) is 252 Å². The zero-order chi connectivity index (χ0) is 79.7. The van der Waals surface area contributed by atoms with E-state index in [1.165, 1.54) is 63.8 Å². The van der Waals surface area contributed by atoms with Crippen LogP contribution in [0.2, 0.25) is 0 Å². The van der Waals surface area contributed by atoms with Crippen LogP contribution in [0.4, 0.5) is 0 Å². The first-order valence-corrected chi connectivity index (χ1v) is 39.9. The summed E-state index contributed by atoms with van der Waals surface area (Å²) in [4.78, 5) is 94.4. The maximum atomic E-state index is 11.9. The molecule has 2 amide bonds. The number of nitrogens with one attached hydrogen (secondary N) is 6. The molecule has 1 aromatic heterocycles. The van der Waals surface area contributed by atoms with Gasteiger partial charge in [-0.2, -0.15) is 0 Å². The fraction of sp³-hybridized carbons (Fsp3) is 0.747. The molecule has 5 fully saturated rings. The van der Waals surface area contributed by atoms with Crippen LogP contribution in [0.3, 0.4) is 0 Å². The number of piperidine rings is 3. The van der Waals surface area contributed by atoms with E-state index in [-0.39, 0.29) is 53.3 Å². The number of carbonyl (C=O) groups is 6. The number of hydrogen-bond donors (Lipinski definition) is 7. The number of likely N-dealkylation sites (N-methyl/N-ethyl adjacent to an activating group) is 4. The van der Waals surface area contributed by atoms with E-state index in [4.69, 9.17) is 10.5 Å². The minimum atomic E-state index is -0.353. The number of aromatic amines is 1. The molecule has 1 unspecified atom stereocenters. The number of nitrogens with two attached hydrogens (primary N) is 1. The van der Waals surface area contributed by atoms with Crippen molar-refractivity contribution < 1.29 is 33.5 Å². The van der Waals surface area contributed by atoms with Gasteiger partial charge in [0.25, 0.3) is 0 Å². The first kappa shape index (κ1) is 98.6.